The van der Waals surface area contributed by atoms with E-state index in [1.54, 1.807) is 4.90 Å². The van der Waals surface area contributed by atoms with Crippen LogP contribution in [0.5, 0.6) is 0 Å². The van der Waals surface area contributed by atoms with Crippen LogP contribution in [0.15, 0.2) is 0 Å². The molecule has 1 rings (SSSR count). The highest BCUT2D eigenvalue weighted by Gasteiger charge is 2.22. The van der Waals surface area contributed by atoms with Crippen molar-refractivity contribution in [3.63, 3.8) is 0 Å². The predicted molar refractivity (Wildman–Crippen MR) is 76.6 cm³/mol. The average molecular weight is 254 g/mol. The fourth-order valence-corrected chi connectivity index (χ4v) is 3.05. The average Bonchev–Trinajstić information content (AvgIpc) is 2.54. The molecule has 106 valence electrons. The van der Waals surface area contributed by atoms with Crippen molar-refractivity contribution in [2.45, 2.75) is 70.9 Å². The zero-order chi connectivity index (χ0) is 13.5. The zero-order valence-electron chi connectivity index (χ0n) is 12.5. The van der Waals surface area contributed by atoms with E-state index >= 15 is 0 Å². The molecule has 0 radical (unpaired) electrons. The molecule has 1 aliphatic rings. The standard InChI is InChI=1S/C15H30N2O/c1-5-7-13-8-6-9-14(11-10-13)16-12(2)15(18)17(3)4/h12-14,16H,5-11H2,1-4H3. The van der Waals surface area contributed by atoms with Crippen LogP contribution in [0.4, 0.5) is 0 Å². The number of carbonyl (C=O) groups excluding carboxylic acids is 1. The van der Waals surface area contributed by atoms with Gasteiger partial charge >= 0.3 is 0 Å². The van der Waals surface area contributed by atoms with Gasteiger partial charge in [-0.2, -0.15) is 0 Å². The van der Waals surface area contributed by atoms with Gasteiger partial charge in [-0.15, -0.1) is 0 Å². The fraction of sp³-hybridized carbons (Fsp3) is 0.933. The molecule has 0 spiro atoms. The molecule has 0 heterocycles. The van der Waals surface area contributed by atoms with Crippen molar-refractivity contribution in [3.8, 4) is 0 Å². The molecule has 0 bridgehead atoms. The minimum atomic E-state index is -0.0484. The molecule has 18 heavy (non-hydrogen) atoms. The van der Waals surface area contributed by atoms with Crippen LogP contribution in [0.1, 0.15) is 58.8 Å². The van der Waals surface area contributed by atoms with Gasteiger partial charge in [0.1, 0.15) is 0 Å². The van der Waals surface area contributed by atoms with Crippen molar-refractivity contribution >= 4 is 5.91 Å². The molecule has 1 N–H and O–H groups in total. The number of amides is 1. The number of likely N-dealkylation sites (N-methyl/N-ethyl adjacent to an activating group) is 1. The first-order chi connectivity index (χ1) is 8.54. The molecule has 1 amide bonds. The van der Waals surface area contributed by atoms with Crippen LogP contribution in [-0.4, -0.2) is 37.0 Å². The number of hydrogen-bond acceptors (Lipinski definition) is 2. The SMILES string of the molecule is CCCC1CCCC(NC(C)C(=O)N(C)C)CC1. The Bertz CT molecular complexity index is 253. The Morgan fingerprint density at radius 3 is 2.61 bits per heavy atom. The van der Waals surface area contributed by atoms with Gasteiger partial charge in [-0.3, -0.25) is 4.79 Å². The van der Waals surface area contributed by atoms with Crippen molar-refractivity contribution in [1.29, 1.82) is 0 Å². The highest BCUT2D eigenvalue weighted by atomic mass is 16.2. The molecule has 1 fully saturated rings. The summed E-state index contributed by atoms with van der Waals surface area (Å²) in [7, 11) is 3.65. The topological polar surface area (TPSA) is 32.3 Å². The van der Waals surface area contributed by atoms with Crippen molar-refractivity contribution < 1.29 is 4.79 Å². The largest absolute Gasteiger partial charge is 0.347 e. The lowest BCUT2D eigenvalue weighted by molar-refractivity contribution is -0.130. The summed E-state index contributed by atoms with van der Waals surface area (Å²) in [6.45, 7) is 4.26. The molecule has 3 heteroatoms. The third-order valence-corrected chi connectivity index (χ3v) is 4.08. The van der Waals surface area contributed by atoms with E-state index in [9.17, 15) is 4.79 Å². The maximum atomic E-state index is 11.8. The second-order valence-electron chi connectivity index (χ2n) is 5.98. The first-order valence-corrected chi connectivity index (χ1v) is 7.51. The fourth-order valence-electron chi connectivity index (χ4n) is 3.05. The molecule has 1 aliphatic carbocycles. The van der Waals surface area contributed by atoms with Crippen molar-refractivity contribution in [2.75, 3.05) is 14.1 Å². The van der Waals surface area contributed by atoms with Crippen LogP contribution in [0.3, 0.4) is 0 Å². The van der Waals surface area contributed by atoms with Gasteiger partial charge in [-0.25, -0.2) is 0 Å². The van der Waals surface area contributed by atoms with Crippen molar-refractivity contribution in [1.82, 2.24) is 10.2 Å². The number of nitrogens with one attached hydrogen (secondary N) is 1. The lowest BCUT2D eigenvalue weighted by Crippen LogP contribution is -2.46. The summed E-state index contributed by atoms with van der Waals surface area (Å²) in [5.74, 6) is 1.10. The van der Waals surface area contributed by atoms with Gasteiger partial charge in [0.15, 0.2) is 0 Å². The van der Waals surface area contributed by atoms with Crippen molar-refractivity contribution in [2.24, 2.45) is 5.92 Å². The first-order valence-electron chi connectivity index (χ1n) is 7.51. The molecular formula is C15H30N2O. The maximum Gasteiger partial charge on any atom is 0.238 e. The van der Waals surface area contributed by atoms with Crippen LogP contribution in [0.25, 0.3) is 0 Å². The number of carbonyl (C=O) groups is 1. The summed E-state index contributed by atoms with van der Waals surface area (Å²) in [6.07, 6.45) is 9.15. The maximum absolute atomic E-state index is 11.8. The lowest BCUT2D eigenvalue weighted by atomic mass is 9.95. The predicted octanol–water partition coefficient (Wildman–Crippen LogP) is 2.80. The highest BCUT2D eigenvalue weighted by Crippen LogP contribution is 2.26. The third-order valence-electron chi connectivity index (χ3n) is 4.08. The highest BCUT2D eigenvalue weighted by molar-refractivity contribution is 5.80. The minimum absolute atomic E-state index is 0.0484. The molecule has 1 saturated carbocycles. The Balaban J connectivity index is 2.37. The molecule has 3 nitrogen and oxygen atoms in total. The number of nitrogens with zero attached hydrogens (tertiary/aromatic N) is 1. The van der Waals surface area contributed by atoms with Crippen LogP contribution in [-0.2, 0) is 4.79 Å². The second-order valence-corrected chi connectivity index (χ2v) is 5.98. The summed E-state index contributed by atoms with van der Waals surface area (Å²) < 4.78 is 0. The molecule has 0 aliphatic heterocycles. The Kier molecular flexibility index (Phi) is 6.69. The van der Waals surface area contributed by atoms with Gasteiger partial charge in [0.2, 0.25) is 5.91 Å². The van der Waals surface area contributed by atoms with Gasteiger partial charge < -0.3 is 10.2 Å². The monoisotopic (exact) mass is 254 g/mol. The van der Waals surface area contributed by atoms with Gasteiger partial charge in [-0.05, 0) is 32.1 Å². The van der Waals surface area contributed by atoms with E-state index in [1.165, 1.54) is 44.9 Å². The number of rotatable bonds is 5. The quantitative estimate of drug-likeness (QED) is 0.765. The van der Waals surface area contributed by atoms with Crippen LogP contribution in [0, 0.1) is 5.92 Å². The summed E-state index contributed by atoms with van der Waals surface area (Å²) in [6, 6.07) is 0.485. The molecule has 0 aromatic carbocycles. The van der Waals surface area contributed by atoms with Gasteiger partial charge in [0.05, 0.1) is 6.04 Å². The van der Waals surface area contributed by atoms with Crippen LogP contribution >= 0.6 is 0 Å². The van der Waals surface area contributed by atoms with E-state index in [4.69, 9.17) is 0 Å². The van der Waals surface area contributed by atoms with E-state index in [0.717, 1.165) is 5.92 Å². The Labute approximate surface area is 112 Å². The minimum Gasteiger partial charge on any atom is -0.347 e. The molecule has 0 aromatic heterocycles. The molecule has 3 atom stereocenters. The smallest absolute Gasteiger partial charge is 0.238 e. The van der Waals surface area contributed by atoms with E-state index in [0.29, 0.717) is 6.04 Å². The van der Waals surface area contributed by atoms with Crippen LogP contribution in [0.2, 0.25) is 0 Å². The first kappa shape index (κ1) is 15.5. The summed E-state index contributed by atoms with van der Waals surface area (Å²) in [4.78, 5) is 13.5. The molecule has 0 saturated heterocycles. The molecular weight excluding hydrogens is 224 g/mol. The lowest BCUT2D eigenvalue weighted by Gasteiger charge is -2.23. The van der Waals surface area contributed by atoms with Crippen LogP contribution < -0.4 is 5.32 Å². The molecule has 0 aromatic rings. The Morgan fingerprint density at radius 2 is 2.00 bits per heavy atom. The Hall–Kier alpha value is -0.570. The summed E-state index contributed by atoms with van der Waals surface area (Å²) in [5, 5.41) is 3.51. The van der Waals surface area contributed by atoms with E-state index < -0.39 is 0 Å². The second kappa shape index (κ2) is 7.78. The summed E-state index contributed by atoms with van der Waals surface area (Å²) >= 11 is 0. The van der Waals surface area contributed by atoms with E-state index in [1.807, 2.05) is 21.0 Å². The van der Waals surface area contributed by atoms with Gasteiger partial charge in [-0.1, -0.05) is 32.6 Å². The van der Waals surface area contributed by atoms with Gasteiger partial charge in [0, 0.05) is 20.1 Å². The van der Waals surface area contributed by atoms with E-state index in [-0.39, 0.29) is 11.9 Å². The zero-order valence-corrected chi connectivity index (χ0v) is 12.5. The van der Waals surface area contributed by atoms with Crippen molar-refractivity contribution in [3.05, 3.63) is 0 Å². The van der Waals surface area contributed by atoms with E-state index in [2.05, 4.69) is 12.2 Å². The third kappa shape index (κ3) is 4.97. The Morgan fingerprint density at radius 1 is 1.28 bits per heavy atom. The summed E-state index contributed by atoms with van der Waals surface area (Å²) in [5.41, 5.74) is 0. The normalized spacial score (nSPS) is 26.4. The van der Waals surface area contributed by atoms with Gasteiger partial charge in [0.25, 0.3) is 0 Å². The number of hydrogen-bond donors (Lipinski definition) is 1. The molecule has 3 unspecified atom stereocenters.